The molecule has 1 aromatic carbocycles. The number of halogens is 2. The Bertz CT molecular complexity index is 836. The van der Waals surface area contributed by atoms with Crippen LogP contribution in [0.4, 0.5) is 24.1 Å². The maximum atomic E-state index is 13.9. The van der Waals surface area contributed by atoms with E-state index < -0.39 is 29.3 Å². The summed E-state index contributed by atoms with van der Waals surface area (Å²) in [7, 11) is 1.30. The van der Waals surface area contributed by atoms with Gasteiger partial charge in [-0.25, -0.2) is 18.4 Å². The number of methoxy groups -OCH3 is 1. The van der Waals surface area contributed by atoms with Crippen molar-refractivity contribution >= 4 is 23.6 Å². The number of nitrogens with one attached hydrogen (secondary N) is 1. The number of urea groups is 1. The molecule has 0 radical (unpaired) electrons. The lowest BCUT2D eigenvalue weighted by molar-refractivity contribution is 0.105. The van der Waals surface area contributed by atoms with E-state index >= 15 is 0 Å². The van der Waals surface area contributed by atoms with Gasteiger partial charge in [-0.05, 0) is 37.8 Å². The lowest BCUT2D eigenvalue weighted by Gasteiger charge is -2.44. The Kier molecular flexibility index (Phi) is 5.14. The molecule has 1 atom stereocenters. The highest BCUT2D eigenvalue weighted by molar-refractivity contribution is 6.19. The Hall–Kier alpha value is -2.71. The Morgan fingerprint density at radius 1 is 1.21 bits per heavy atom. The van der Waals surface area contributed by atoms with Crippen LogP contribution in [0.2, 0.25) is 0 Å². The van der Waals surface area contributed by atoms with Gasteiger partial charge in [0.05, 0.1) is 25.4 Å². The smallest absolute Gasteiger partial charge is 0.409 e. The summed E-state index contributed by atoms with van der Waals surface area (Å²) < 4.78 is 32.7. The topological polar surface area (TPSA) is 74.2 Å². The molecule has 4 rings (SSSR count). The summed E-state index contributed by atoms with van der Waals surface area (Å²) in [4.78, 5) is 32.8. The quantitative estimate of drug-likeness (QED) is 0.818. The van der Waals surface area contributed by atoms with Crippen LogP contribution in [-0.2, 0) is 4.74 Å². The van der Waals surface area contributed by atoms with Gasteiger partial charge >= 0.3 is 12.1 Å². The minimum atomic E-state index is -1.01. The SMILES string of the molecule is COC(=O)N1CCCC2(C1)C(=NC1CCCC1)NC(=O)N2c1cc(F)cc(F)c1. The molecular weight excluding hydrogens is 382 g/mol. The Morgan fingerprint density at radius 2 is 1.90 bits per heavy atom. The molecule has 156 valence electrons. The first-order valence-corrected chi connectivity index (χ1v) is 9.91. The van der Waals surface area contributed by atoms with Crippen LogP contribution in [0.1, 0.15) is 38.5 Å². The second kappa shape index (κ2) is 7.61. The molecule has 1 spiro atoms. The zero-order valence-corrected chi connectivity index (χ0v) is 16.3. The third-order valence-electron chi connectivity index (χ3n) is 5.94. The molecule has 3 aliphatic rings. The summed E-state index contributed by atoms with van der Waals surface area (Å²) in [5.74, 6) is -1.08. The maximum absolute atomic E-state index is 13.9. The molecule has 2 saturated heterocycles. The fraction of sp³-hybridized carbons (Fsp3) is 0.550. The molecule has 2 aliphatic heterocycles. The van der Waals surface area contributed by atoms with E-state index in [0.29, 0.717) is 25.2 Å². The fourth-order valence-corrected chi connectivity index (χ4v) is 4.67. The average Bonchev–Trinajstić information content (AvgIpc) is 3.27. The zero-order chi connectivity index (χ0) is 20.6. The van der Waals surface area contributed by atoms with Crippen LogP contribution in [0.5, 0.6) is 0 Å². The lowest BCUT2D eigenvalue weighted by Crippen LogP contribution is -2.61. The molecule has 3 amide bonds. The van der Waals surface area contributed by atoms with Crippen molar-refractivity contribution in [1.82, 2.24) is 10.2 Å². The highest BCUT2D eigenvalue weighted by Crippen LogP contribution is 2.38. The van der Waals surface area contributed by atoms with Crippen molar-refractivity contribution in [3.63, 3.8) is 0 Å². The summed E-state index contributed by atoms with van der Waals surface area (Å²) >= 11 is 0. The summed E-state index contributed by atoms with van der Waals surface area (Å²) in [6.07, 6.45) is 4.64. The van der Waals surface area contributed by atoms with Crippen molar-refractivity contribution in [2.24, 2.45) is 4.99 Å². The summed E-state index contributed by atoms with van der Waals surface area (Å²) in [6.45, 7) is 0.618. The van der Waals surface area contributed by atoms with E-state index in [0.717, 1.165) is 43.9 Å². The van der Waals surface area contributed by atoms with Crippen LogP contribution in [0.3, 0.4) is 0 Å². The molecule has 29 heavy (non-hydrogen) atoms. The van der Waals surface area contributed by atoms with Crippen LogP contribution in [-0.4, -0.2) is 54.6 Å². The van der Waals surface area contributed by atoms with E-state index in [1.807, 2.05) is 0 Å². The van der Waals surface area contributed by atoms with E-state index in [1.54, 1.807) is 0 Å². The van der Waals surface area contributed by atoms with Gasteiger partial charge in [0.1, 0.15) is 23.0 Å². The van der Waals surface area contributed by atoms with Gasteiger partial charge < -0.3 is 9.64 Å². The second-order valence-corrected chi connectivity index (χ2v) is 7.84. The highest BCUT2D eigenvalue weighted by atomic mass is 19.1. The third kappa shape index (κ3) is 3.54. The average molecular weight is 406 g/mol. The van der Waals surface area contributed by atoms with Gasteiger partial charge in [-0.2, -0.15) is 0 Å². The van der Waals surface area contributed by atoms with Crippen LogP contribution in [0.15, 0.2) is 23.2 Å². The molecule has 1 aliphatic carbocycles. The van der Waals surface area contributed by atoms with Crippen LogP contribution in [0, 0.1) is 11.6 Å². The number of carbonyl (C=O) groups excluding carboxylic acids is 2. The van der Waals surface area contributed by atoms with Gasteiger partial charge in [-0.15, -0.1) is 0 Å². The van der Waals surface area contributed by atoms with Crippen LogP contribution >= 0.6 is 0 Å². The van der Waals surface area contributed by atoms with Gasteiger partial charge in [0.2, 0.25) is 0 Å². The van der Waals surface area contributed by atoms with Gasteiger partial charge in [0, 0.05) is 12.6 Å². The number of carbonyl (C=O) groups is 2. The van der Waals surface area contributed by atoms with E-state index in [2.05, 4.69) is 5.32 Å². The monoisotopic (exact) mass is 406 g/mol. The molecule has 2 heterocycles. The number of likely N-dealkylation sites (tertiary alicyclic amines) is 1. The second-order valence-electron chi connectivity index (χ2n) is 7.84. The first-order chi connectivity index (χ1) is 13.9. The molecular formula is C20H24F2N4O3. The van der Waals surface area contributed by atoms with E-state index in [-0.39, 0.29) is 18.3 Å². The van der Waals surface area contributed by atoms with Crippen molar-refractivity contribution < 1.29 is 23.1 Å². The third-order valence-corrected chi connectivity index (χ3v) is 5.94. The number of amidine groups is 1. The predicted octanol–water partition coefficient (Wildman–Crippen LogP) is 3.44. The molecule has 9 heteroatoms. The van der Waals surface area contributed by atoms with E-state index in [9.17, 15) is 18.4 Å². The minimum Gasteiger partial charge on any atom is -0.453 e. The number of piperidine rings is 1. The Labute approximate surface area is 167 Å². The van der Waals surface area contributed by atoms with E-state index in [1.165, 1.54) is 16.9 Å². The molecule has 0 aromatic heterocycles. The first-order valence-electron chi connectivity index (χ1n) is 9.91. The predicted molar refractivity (Wildman–Crippen MR) is 103 cm³/mol. The zero-order valence-electron chi connectivity index (χ0n) is 16.3. The minimum absolute atomic E-state index is 0.0971. The molecule has 0 bridgehead atoms. The number of nitrogens with zero attached hydrogens (tertiary/aromatic N) is 3. The fourth-order valence-electron chi connectivity index (χ4n) is 4.67. The molecule has 1 aromatic rings. The Balaban J connectivity index is 1.80. The number of aliphatic imine (C=N–C) groups is 1. The van der Waals surface area contributed by atoms with Gasteiger partial charge in [0.25, 0.3) is 0 Å². The molecule has 3 fully saturated rings. The summed E-state index contributed by atoms with van der Waals surface area (Å²) in [5.41, 5.74) is -0.907. The number of anilines is 1. The number of amides is 3. The highest BCUT2D eigenvalue weighted by Gasteiger charge is 2.55. The first kappa shape index (κ1) is 19.6. The largest absolute Gasteiger partial charge is 0.453 e. The van der Waals surface area contributed by atoms with E-state index in [4.69, 9.17) is 9.73 Å². The summed E-state index contributed by atoms with van der Waals surface area (Å²) in [5, 5.41) is 2.82. The number of hydrogen-bond acceptors (Lipinski definition) is 4. The van der Waals surface area contributed by atoms with Gasteiger partial charge in [0.15, 0.2) is 0 Å². The molecule has 1 unspecified atom stereocenters. The van der Waals surface area contributed by atoms with Crippen LogP contribution < -0.4 is 10.2 Å². The van der Waals surface area contributed by atoms with Gasteiger partial charge in [-0.3, -0.25) is 15.2 Å². The lowest BCUT2D eigenvalue weighted by atomic mass is 9.86. The van der Waals surface area contributed by atoms with Crippen molar-refractivity contribution in [3.8, 4) is 0 Å². The van der Waals surface area contributed by atoms with Crippen molar-refractivity contribution in [2.45, 2.75) is 50.1 Å². The van der Waals surface area contributed by atoms with Crippen molar-refractivity contribution in [1.29, 1.82) is 0 Å². The standard InChI is InChI=1S/C20H24F2N4O3/c1-29-19(28)25-8-4-7-20(12-25)17(23-15-5-2-3-6-15)24-18(27)26(20)16-10-13(21)9-14(22)11-16/h9-11,15H,2-8,12H2,1H3,(H,23,24,27). The normalized spacial score (nSPS) is 26.4. The molecule has 1 N–H and O–H groups in total. The number of rotatable bonds is 2. The van der Waals surface area contributed by atoms with Crippen LogP contribution in [0.25, 0.3) is 0 Å². The summed E-state index contributed by atoms with van der Waals surface area (Å²) in [6, 6.07) is 2.61. The van der Waals surface area contributed by atoms with Crippen molar-refractivity contribution in [2.75, 3.05) is 25.1 Å². The maximum Gasteiger partial charge on any atom is 0.409 e. The number of hydrogen-bond donors (Lipinski definition) is 1. The van der Waals surface area contributed by atoms with Gasteiger partial charge in [-0.1, -0.05) is 12.8 Å². The molecule has 7 nitrogen and oxygen atoms in total. The number of benzene rings is 1. The number of ether oxygens (including phenoxy) is 1. The Morgan fingerprint density at radius 3 is 2.55 bits per heavy atom. The van der Waals surface area contributed by atoms with Crippen molar-refractivity contribution in [3.05, 3.63) is 29.8 Å². The molecule has 1 saturated carbocycles.